The van der Waals surface area contributed by atoms with E-state index >= 15 is 0 Å². The van der Waals surface area contributed by atoms with E-state index in [1.807, 2.05) is 5.32 Å². The summed E-state index contributed by atoms with van der Waals surface area (Å²) in [6, 6.07) is 1.72. The van der Waals surface area contributed by atoms with Crippen LogP contribution >= 0.6 is 12.4 Å². The average Bonchev–Trinajstić information content (AvgIpc) is 2.34. The van der Waals surface area contributed by atoms with Crippen molar-refractivity contribution >= 4 is 24.3 Å². The molecule has 0 heterocycles. The molecule has 0 atom stereocenters. The van der Waals surface area contributed by atoms with Crippen LogP contribution in [0.4, 0.5) is 13.2 Å². The van der Waals surface area contributed by atoms with Crippen molar-refractivity contribution in [2.45, 2.75) is 6.18 Å². The number of hydrogen-bond acceptors (Lipinski definition) is 4. The Morgan fingerprint density at radius 1 is 1.29 bits per heavy atom. The van der Waals surface area contributed by atoms with Gasteiger partial charge in [0.1, 0.15) is 17.1 Å². The normalized spacial score (nSPS) is 10.3. The summed E-state index contributed by atoms with van der Waals surface area (Å²) in [5, 5.41) is 8.83. The van der Waals surface area contributed by atoms with Crippen LogP contribution in [0.1, 0.15) is 15.9 Å². The van der Waals surface area contributed by atoms with Gasteiger partial charge in [0.25, 0.3) is 5.91 Å². The van der Waals surface area contributed by atoms with Crippen LogP contribution in [0.5, 0.6) is 11.5 Å². The molecule has 0 unspecified atom stereocenters. The summed E-state index contributed by atoms with van der Waals surface area (Å²) in [5.74, 6) is -2.57. The van der Waals surface area contributed by atoms with Crippen LogP contribution in [0.25, 0.3) is 0 Å². The van der Waals surface area contributed by atoms with E-state index in [0.717, 1.165) is 19.2 Å². The minimum Gasteiger partial charge on any atom is -0.496 e. The summed E-state index contributed by atoms with van der Waals surface area (Å²) in [7, 11) is 2.18. The predicted molar refractivity (Wildman–Crippen MR) is 71.2 cm³/mol. The Kier molecular flexibility index (Phi) is 6.30. The van der Waals surface area contributed by atoms with E-state index in [9.17, 15) is 18.0 Å². The number of alkyl halides is 3. The minimum atomic E-state index is -4.71. The number of ether oxygens (including phenoxy) is 2. The number of rotatable bonds is 3. The number of carbonyl (C=O) groups is 1. The van der Waals surface area contributed by atoms with Gasteiger partial charge in [-0.1, -0.05) is 0 Å². The number of methoxy groups -OCH3 is 2. The Morgan fingerprint density at radius 3 is 2.24 bits per heavy atom. The lowest BCUT2D eigenvalue weighted by atomic mass is 10.1. The average molecular weight is 328 g/mol. The molecule has 0 bridgehead atoms. The maximum Gasteiger partial charge on any atom is 0.419 e. The van der Waals surface area contributed by atoms with Gasteiger partial charge in [0.15, 0.2) is 5.96 Å². The van der Waals surface area contributed by atoms with Gasteiger partial charge in [0, 0.05) is 0 Å². The number of hydrogen-bond donors (Lipinski definition) is 3. The van der Waals surface area contributed by atoms with Crippen molar-refractivity contribution in [1.82, 2.24) is 5.32 Å². The molecule has 0 fully saturated rings. The highest BCUT2D eigenvalue weighted by Crippen LogP contribution is 2.41. The molecule has 0 saturated carbocycles. The van der Waals surface area contributed by atoms with Gasteiger partial charge in [0.05, 0.1) is 19.8 Å². The highest BCUT2D eigenvalue weighted by atomic mass is 35.5. The molecule has 4 N–H and O–H groups in total. The third-order valence-corrected chi connectivity index (χ3v) is 2.32. The van der Waals surface area contributed by atoms with Crippen molar-refractivity contribution < 1.29 is 27.4 Å². The molecule has 0 aromatic heterocycles. The Hall–Kier alpha value is -2.16. The van der Waals surface area contributed by atoms with Crippen LogP contribution < -0.4 is 20.5 Å². The fraction of sp³-hybridized carbons (Fsp3) is 0.273. The molecular weight excluding hydrogens is 315 g/mol. The van der Waals surface area contributed by atoms with Gasteiger partial charge in [-0.3, -0.25) is 15.5 Å². The number of benzene rings is 1. The summed E-state index contributed by atoms with van der Waals surface area (Å²) >= 11 is 0. The van der Waals surface area contributed by atoms with E-state index in [2.05, 4.69) is 4.74 Å². The summed E-state index contributed by atoms with van der Waals surface area (Å²) in [6.07, 6.45) is -4.71. The smallest absolute Gasteiger partial charge is 0.419 e. The monoisotopic (exact) mass is 327 g/mol. The zero-order valence-corrected chi connectivity index (χ0v) is 11.8. The first-order valence-electron chi connectivity index (χ1n) is 5.20. The molecule has 0 aliphatic rings. The highest BCUT2D eigenvalue weighted by Gasteiger charge is 2.37. The van der Waals surface area contributed by atoms with Crippen LogP contribution in [0.3, 0.4) is 0 Å². The molecule has 118 valence electrons. The number of nitrogens with one attached hydrogen (secondary N) is 2. The first-order valence-corrected chi connectivity index (χ1v) is 5.20. The second-order valence-electron chi connectivity index (χ2n) is 3.59. The van der Waals surface area contributed by atoms with Gasteiger partial charge in [-0.2, -0.15) is 13.2 Å². The standard InChI is InChI=1S/C11H12F3N3O3.ClH/c1-19-6-4-3-5(11(12,13)14)8(20-2)7(6)9(18)17-10(15)16;/h3-4H,1-2H3,(H4,15,16,17,18);1H. The molecule has 0 spiro atoms. The number of carbonyl (C=O) groups excluding carboxylic acids is 1. The van der Waals surface area contributed by atoms with E-state index in [1.165, 1.54) is 7.11 Å². The topological polar surface area (TPSA) is 97.4 Å². The number of nitrogens with two attached hydrogens (primary N) is 1. The SMILES string of the molecule is COc1ccc(C(F)(F)F)c(OC)c1C(=O)NC(=N)N.Cl. The molecule has 0 saturated heterocycles. The highest BCUT2D eigenvalue weighted by molar-refractivity contribution is 6.08. The zero-order valence-electron chi connectivity index (χ0n) is 11.0. The maximum absolute atomic E-state index is 12.9. The Balaban J connectivity index is 0.00000400. The molecule has 0 radical (unpaired) electrons. The van der Waals surface area contributed by atoms with Gasteiger partial charge in [0.2, 0.25) is 0 Å². The quantitative estimate of drug-likeness (QED) is 0.582. The molecule has 0 aliphatic carbocycles. The Morgan fingerprint density at radius 2 is 1.86 bits per heavy atom. The van der Waals surface area contributed by atoms with E-state index in [0.29, 0.717) is 0 Å². The molecule has 0 aliphatic heterocycles. The Labute approximate surface area is 124 Å². The Bertz CT molecular complexity index is 549. The summed E-state index contributed by atoms with van der Waals surface area (Å²) in [6.45, 7) is 0. The molecule has 21 heavy (non-hydrogen) atoms. The zero-order chi connectivity index (χ0) is 15.5. The van der Waals surface area contributed by atoms with Gasteiger partial charge in [-0.15, -0.1) is 12.4 Å². The largest absolute Gasteiger partial charge is 0.496 e. The molecule has 1 aromatic rings. The lowest BCUT2D eigenvalue weighted by molar-refractivity contribution is -0.138. The molecular formula is C11H13ClF3N3O3. The first kappa shape index (κ1) is 18.8. The van der Waals surface area contributed by atoms with Gasteiger partial charge in [-0.05, 0) is 12.1 Å². The molecule has 6 nitrogen and oxygen atoms in total. The molecule has 10 heteroatoms. The van der Waals surface area contributed by atoms with E-state index in [-0.39, 0.29) is 18.2 Å². The van der Waals surface area contributed by atoms with Crippen molar-refractivity contribution in [3.8, 4) is 11.5 Å². The summed E-state index contributed by atoms with van der Waals surface area (Å²) in [4.78, 5) is 11.8. The lowest BCUT2D eigenvalue weighted by Gasteiger charge is -2.17. The summed E-state index contributed by atoms with van der Waals surface area (Å²) in [5.41, 5.74) is 3.37. The van der Waals surface area contributed by atoms with Crippen LogP contribution in [0.15, 0.2) is 12.1 Å². The van der Waals surface area contributed by atoms with E-state index in [4.69, 9.17) is 15.9 Å². The van der Waals surface area contributed by atoms with Gasteiger partial charge >= 0.3 is 6.18 Å². The fourth-order valence-electron chi connectivity index (χ4n) is 1.57. The van der Waals surface area contributed by atoms with Crippen molar-refractivity contribution in [3.05, 3.63) is 23.3 Å². The van der Waals surface area contributed by atoms with Gasteiger partial charge < -0.3 is 15.2 Å². The van der Waals surface area contributed by atoms with Crippen molar-refractivity contribution in [1.29, 1.82) is 5.41 Å². The second-order valence-corrected chi connectivity index (χ2v) is 3.59. The van der Waals surface area contributed by atoms with Crippen LogP contribution in [-0.4, -0.2) is 26.1 Å². The maximum atomic E-state index is 12.9. The van der Waals surface area contributed by atoms with Crippen LogP contribution in [0, 0.1) is 5.41 Å². The van der Waals surface area contributed by atoms with Gasteiger partial charge in [-0.25, -0.2) is 0 Å². The molecule has 1 rings (SSSR count). The van der Waals surface area contributed by atoms with E-state index in [1.54, 1.807) is 0 Å². The second kappa shape index (κ2) is 7.02. The summed E-state index contributed by atoms with van der Waals surface area (Å²) < 4.78 is 48.1. The lowest BCUT2D eigenvalue weighted by Crippen LogP contribution is -2.36. The predicted octanol–water partition coefficient (Wildman–Crippen LogP) is 1.77. The van der Waals surface area contributed by atoms with Crippen LogP contribution in [-0.2, 0) is 6.18 Å². The number of amides is 1. The van der Waals surface area contributed by atoms with E-state index < -0.39 is 34.9 Å². The van der Waals surface area contributed by atoms with Crippen LogP contribution in [0.2, 0.25) is 0 Å². The third-order valence-electron chi connectivity index (χ3n) is 2.32. The third kappa shape index (κ3) is 4.15. The fourth-order valence-corrected chi connectivity index (χ4v) is 1.57. The van der Waals surface area contributed by atoms with Crippen molar-refractivity contribution in [2.24, 2.45) is 5.73 Å². The number of halogens is 4. The molecule has 1 amide bonds. The minimum absolute atomic E-state index is 0. The molecule has 1 aromatic carbocycles. The number of guanidine groups is 1. The van der Waals surface area contributed by atoms with Crippen molar-refractivity contribution in [2.75, 3.05) is 14.2 Å². The van der Waals surface area contributed by atoms with Crippen molar-refractivity contribution in [3.63, 3.8) is 0 Å². The first-order chi connectivity index (χ1) is 9.22.